The fourth-order valence-electron chi connectivity index (χ4n) is 2.04. The van der Waals surface area contributed by atoms with Crippen molar-refractivity contribution in [3.8, 4) is 0 Å². The highest BCUT2D eigenvalue weighted by atomic mass is 16.3. The van der Waals surface area contributed by atoms with E-state index in [1.807, 2.05) is 39.8 Å². The third-order valence-electron chi connectivity index (χ3n) is 2.87. The molecule has 2 aromatic rings. The zero-order valence-corrected chi connectivity index (χ0v) is 10.1. The van der Waals surface area contributed by atoms with E-state index in [0.29, 0.717) is 5.58 Å². The van der Waals surface area contributed by atoms with Gasteiger partial charge in [0.25, 0.3) is 0 Å². The van der Waals surface area contributed by atoms with Crippen LogP contribution < -0.4 is 5.43 Å². The molecule has 1 aromatic carbocycles. The van der Waals surface area contributed by atoms with E-state index >= 15 is 0 Å². The van der Waals surface area contributed by atoms with Gasteiger partial charge in [0.2, 0.25) is 0 Å². The fraction of sp³-hybridized carbons (Fsp3) is 0.357. The van der Waals surface area contributed by atoms with Gasteiger partial charge in [-0.15, -0.1) is 0 Å². The first-order valence-electron chi connectivity index (χ1n) is 5.53. The molecule has 0 amide bonds. The Bertz CT molecular complexity index is 591. The maximum absolute atomic E-state index is 12.2. The zero-order chi connectivity index (χ0) is 11.9. The van der Waals surface area contributed by atoms with Crippen LogP contribution in [0.1, 0.15) is 36.5 Å². The second kappa shape index (κ2) is 3.78. The molecule has 0 radical (unpaired) electrons. The van der Waals surface area contributed by atoms with Gasteiger partial charge in [-0.1, -0.05) is 19.9 Å². The first-order chi connectivity index (χ1) is 7.50. The molecule has 2 rings (SSSR count). The van der Waals surface area contributed by atoms with E-state index in [2.05, 4.69) is 0 Å². The van der Waals surface area contributed by atoms with Gasteiger partial charge in [-0.05, 0) is 37.0 Å². The predicted molar refractivity (Wildman–Crippen MR) is 66.0 cm³/mol. The monoisotopic (exact) mass is 216 g/mol. The van der Waals surface area contributed by atoms with Crippen molar-refractivity contribution >= 4 is 11.0 Å². The van der Waals surface area contributed by atoms with E-state index in [-0.39, 0.29) is 11.3 Å². The summed E-state index contributed by atoms with van der Waals surface area (Å²) in [5.41, 5.74) is 3.65. The molecular formula is C14H16O2. The molecule has 1 aromatic heterocycles. The number of benzene rings is 1. The summed E-state index contributed by atoms with van der Waals surface area (Å²) in [6.45, 7) is 7.96. The summed E-state index contributed by atoms with van der Waals surface area (Å²) in [4.78, 5) is 12.2. The Morgan fingerprint density at radius 1 is 1.19 bits per heavy atom. The topological polar surface area (TPSA) is 30.2 Å². The van der Waals surface area contributed by atoms with Gasteiger partial charge >= 0.3 is 0 Å². The van der Waals surface area contributed by atoms with Crippen LogP contribution in [0, 0.1) is 13.8 Å². The minimum Gasteiger partial charge on any atom is -0.464 e. The van der Waals surface area contributed by atoms with E-state index in [1.54, 1.807) is 6.26 Å². The maximum Gasteiger partial charge on any atom is 0.196 e. The smallest absolute Gasteiger partial charge is 0.196 e. The van der Waals surface area contributed by atoms with Crippen molar-refractivity contribution in [2.24, 2.45) is 0 Å². The molecule has 0 saturated carbocycles. The molecule has 0 atom stereocenters. The highest BCUT2D eigenvalue weighted by Crippen LogP contribution is 2.20. The van der Waals surface area contributed by atoms with Crippen LogP contribution in [0.5, 0.6) is 0 Å². The minimum absolute atomic E-state index is 0.105. The van der Waals surface area contributed by atoms with E-state index < -0.39 is 0 Å². The number of aryl methyl sites for hydroxylation is 2. The quantitative estimate of drug-likeness (QED) is 0.730. The lowest BCUT2D eigenvalue weighted by Crippen LogP contribution is -2.11. The molecule has 0 unspecified atom stereocenters. The average molecular weight is 216 g/mol. The molecule has 0 aliphatic heterocycles. The van der Waals surface area contributed by atoms with Crippen molar-refractivity contribution in [2.75, 3.05) is 0 Å². The standard InChI is InChI=1S/C14H16O2/c1-8(2)11-7-16-12-6-9(3)5-10(4)13(12)14(11)15/h5-8H,1-4H3. The molecule has 0 aliphatic carbocycles. The molecule has 0 saturated heterocycles. The molecule has 1 heterocycles. The van der Waals surface area contributed by atoms with Crippen LogP contribution in [-0.2, 0) is 0 Å². The fourth-order valence-corrected chi connectivity index (χ4v) is 2.04. The van der Waals surface area contributed by atoms with E-state index in [1.165, 1.54) is 0 Å². The number of hydrogen-bond donors (Lipinski definition) is 0. The van der Waals surface area contributed by atoms with Crippen molar-refractivity contribution in [1.82, 2.24) is 0 Å². The van der Waals surface area contributed by atoms with E-state index in [9.17, 15) is 4.79 Å². The van der Waals surface area contributed by atoms with Crippen molar-refractivity contribution in [1.29, 1.82) is 0 Å². The van der Waals surface area contributed by atoms with Gasteiger partial charge in [-0.2, -0.15) is 0 Å². The molecule has 16 heavy (non-hydrogen) atoms. The summed E-state index contributed by atoms with van der Waals surface area (Å²) in [5.74, 6) is 0.196. The Kier molecular flexibility index (Phi) is 2.58. The lowest BCUT2D eigenvalue weighted by molar-refractivity contribution is 0.585. The second-order valence-corrected chi connectivity index (χ2v) is 4.63. The van der Waals surface area contributed by atoms with Gasteiger partial charge in [0.05, 0.1) is 11.6 Å². The Morgan fingerprint density at radius 2 is 1.88 bits per heavy atom. The second-order valence-electron chi connectivity index (χ2n) is 4.63. The third-order valence-corrected chi connectivity index (χ3v) is 2.87. The molecule has 2 nitrogen and oxygen atoms in total. The normalized spacial score (nSPS) is 11.3. The van der Waals surface area contributed by atoms with E-state index in [4.69, 9.17) is 4.42 Å². The highest BCUT2D eigenvalue weighted by Gasteiger charge is 2.11. The highest BCUT2D eigenvalue weighted by molar-refractivity contribution is 5.81. The van der Waals surface area contributed by atoms with Crippen LogP contribution in [-0.4, -0.2) is 0 Å². The Hall–Kier alpha value is -1.57. The SMILES string of the molecule is Cc1cc(C)c2c(=O)c(C(C)C)coc2c1. The molecule has 84 valence electrons. The first-order valence-corrected chi connectivity index (χ1v) is 5.53. The van der Waals surface area contributed by atoms with Crippen molar-refractivity contribution in [3.05, 3.63) is 45.3 Å². The minimum atomic E-state index is 0.105. The van der Waals surface area contributed by atoms with Gasteiger partial charge in [-0.3, -0.25) is 4.79 Å². The first kappa shape index (κ1) is 10.9. The molecule has 0 aliphatic rings. The number of hydrogen-bond acceptors (Lipinski definition) is 2. The van der Waals surface area contributed by atoms with Crippen molar-refractivity contribution < 1.29 is 4.42 Å². The van der Waals surface area contributed by atoms with Crippen LogP contribution in [0.15, 0.2) is 27.6 Å². The zero-order valence-electron chi connectivity index (χ0n) is 10.1. The number of rotatable bonds is 1. The van der Waals surface area contributed by atoms with Crippen LogP contribution in [0.25, 0.3) is 11.0 Å². The van der Waals surface area contributed by atoms with Crippen LogP contribution in [0.3, 0.4) is 0 Å². The van der Waals surface area contributed by atoms with E-state index in [0.717, 1.165) is 22.1 Å². The Morgan fingerprint density at radius 3 is 2.50 bits per heavy atom. The summed E-state index contributed by atoms with van der Waals surface area (Å²) < 4.78 is 5.55. The van der Waals surface area contributed by atoms with Gasteiger partial charge in [-0.25, -0.2) is 0 Å². The molecule has 0 spiro atoms. The largest absolute Gasteiger partial charge is 0.464 e. The summed E-state index contributed by atoms with van der Waals surface area (Å²) in [7, 11) is 0. The number of fused-ring (bicyclic) bond motifs is 1. The molecule has 0 bridgehead atoms. The summed E-state index contributed by atoms with van der Waals surface area (Å²) in [6.07, 6.45) is 1.59. The molecule has 0 fully saturated rings. The van der Waals surface area contributed by atoms with Gasteiger partial charge in [0, 0.05) is 5.56 Å². The molecule has 2 heteroatoms. The van der Waals surface area contributed by atoms with Crippen LogP contribution in [0.4, 0.5) is 0 Å². The predicted octanol–water partition coefficient (Wildman–Crippen LogP) is 3.53. The Balaban J connectivity index is 2.90. The van der Waals surface area contributed by atoms with Crippen molar-refractivity contribution in [3.63, 3.8) is 0 Å². The molecular weight excluding hydrogens is 200 g/mol. The maximum atomic E-state index is 12.2. The Labute approximate surface area is 94.9 Å². The third kappa shape index (κ3) is 1.64. The summed E-state index contributed by atoms with van der Waals surface area (Å²) in [5, 5.41) is 0.719. The van der Waals surface area contributed by atoms with Crippen LogP contribution >= 0.6 is 0 Å². The molecule has 0 N–H and O–H groups in total. The van der Waals surface area contributed by atoms with Gasteiger partial charge in [0.15, 0.2) is 5.43 Å². The lowest BCUT2D eigenvalue weighted by atomic mass is 10.0. The average Bonchev–Trinajstić information content (AvgIpc) is 2.15. The summed E-state index contributed by atoms with van der Waals surface area (Å²) >= 11 is 0. The summed E-state index contributed by atoms with van der Waals surface area (Å²) in [6, 6.07) is 3.93. The van der Waals surface area contributed by atoms with Crippen molar-refractivity contribution in [2.45, 2.75) is 33.6 Å². The van der Waals surface area contributed by atoms with Crippen LogP contribution in [0.2, 0.25) is 0 Å². The van der Waals surface area contributed by atoms with Gasteiger partial charge in [0.1, 0.15) is 5.58 Å². The lowest BCUT2D eigenvalue weighted by Gasteiger charge is -2.07. The van der Waals surface area contributed by atoms with Gasteiger partial charge < -0.3 is 4.42 Å².